The van der Waals surface area contributed by atoms with Crippen LogP contribution in [0.25, 0.3) is 0 Å². The van der Waals surface area contributed by atoms with Crippen molar-refractivity contribution in [2.45, 2.75) is 98.8 Å². The first-order valence-electron chi connectivity index (χ1n) is 13.3. The molecule has 3 nitrogen and oxygen atoms in total. The predicted octanol–water partition coefficient (Wildman–Crippen LogP) is 8.64. The van der Waals surface area contributed by atoms with Gasteiger partial charge in [0.1, 0.15) is 0 Å². The van der Waals surface area contributed by atoms with E-state index in [1.54, 1.807) is 0 Å². The Kier molecular flexibility index (Phi) is 11.5. The molecule has 0 aliphatic rings. The summed E-state index contributed by atoms with van der Waals surface area (Å²) in [5, 5.41) is 0. The van der Waals surface area contributed by atoms with Crippen molar-refractivity contribution < 1.29 is 14.2 Å². The molecule has 0 radical (unpaired) electrons. The number of benzene rings is 2. The number of carbonyl (C=O) groups is 2. The molecule has 0 fully saturated rings. The number of hydrogen-bond donors (Lipinski definition) is 0. The molecule has 4 heteroatoms. The van der Waals surface area contributed by atoms with E-state index in [9.17, 15) is 14.2 Å². The highest BCUT2D eigenvalue weighted by molar-refractivity contribution is 7.95. The Morgan fingerprint density at radius 1 is 0.588 bits per heavy atom. The maximum absolute atomic E-state index is 14.7. The van der Waals surface area contributed by atoms with E-state index in [-0.39, 0.29) is 6.16 Å². The molecule has 0 aromatic heterocycles. The van der Waals surface area contributed by atoms with E-state index in [1.807, 2.05) is 64.1 Å². The van der Waals surface area contributed by atoms with Crippen molar-refractivity contribution in [3.63, 3.8) is 0 Å². The summed E-state index contributed by atoms with van der Waals surface area (Å²) in [6, 6.07) is 11.6. The maximum Gasteiger partial charge on any atom is 0.229 e. The lowest BCUT2D eigenvalue weighted by Gasteiger charge is -2.22. The van der Waals surface area contributed by atoms with Crippen LogP contribution in [-0.2, 0) is 30.2 Å². The first kappa shape index (κ1) is 28.2. The van der Waals surface area contributed by atoms with Crippen LogP contribution in [0.2, 0.25) is 0 Å². The van der Waals surface area contributed by atoms with Crippen molar-refractivity contribution in [1.29, 1.82) is 0 Å². The van der Waals surface area contributed by atoms with E-state index < -0.39 is 18.2 Å². The van der Waals surface area contributed by atoms with Crippen molar-refractivity contribution in [1.82, 2.24) is 0 Å². The fraction of sp³-hybridized carbons (Fsp3) is 0.533. The third kappa shape index (κ3) is 6.36. The Morgan fingerprint density at radius 2 is 0.941 bits per heavy atom. The van der Waals surface area contributed by atoms with Gasteiger partial charge in [0.25, 0.3) is 0 Å². The Morgan fingerprint density at radius 3 is 1.29 bits per heavy atom. The van der Waals surface area contributed by atoms with Gasteiger partial charge in [-0.1, -0.05) is 103 Å². The molecule has 0 atom stereocenters. The Hall–Kier alpha value is -1.99. The lowest BCUT2D eigenvalue weighted by molar-refractivity contribution is 0.103. The van der Waals surface area contributed by atoms with Crippen LogP contribution in [-0.4, -0.2) is 17.2 Å². The van der Waals surface area contributed by atoms with Gasteiger partial charge < -0.3 is 4.57 Å². The molecule has 0 aliphatic heterocycles. The van der Waals surface area contributed by atoms with Crippen molar-refractivity contribution in [2.75, 3.05) is 6.16 Å². The smallest absolute Gasteiger partial charge is 0.229 e. The second kappa shape index (κ2) is 13.8. The molecule has 0 heterocycles. The third-order valence-electron chi connectivity index (χ3n) is 6.91. The van der Waals surface area contributed by atoms with Gasteiger partial charge in [-0.05, 0) is 54.4 Å². The van der Waals surface area contributed by atoms with Gasteiger partial charge in [-0.15, -0.1) is 0 Å². The van der Waals surface area contributed by atoms with Crippen LogP contribution in [0.3, 0.4) is 0 Å². The molecule has 0 spiro atoms. The molecule has 2 rings (SSSR count). The average molecular weight is 483 g/mol. The Bertz CT molecular complexity index is 906. The number of hydrogen-bond acceptors (Lipinski definition) is 3. The molecule has 2 aromatic rings. The molecule has 0 unspecified atom stereocenters. The third-order valence-corrected chi connectivity index (χ3v) is 9.61. The van der Waals surface area contributed by atoms with Gasteiger partial charge in [0.2, 0.25) is 18.2 Å². The van der Waals surface area contributed by atoms with Crippen molar-refractivity contribution in [3.8, 4) is 0 Å². The summed E-state index contributed by atoms with van der Waals surface area (Å²) in [7, 11) is -3.84. The highest BCUT2D eigenvalue weighted by Gasteiger charge is 2.43. The fourth-order valence-electron chi connectivity index (χ4n) is 4.81. The zero-order chi connectivity index (χ0) is 25.1. The van der Waals surface area contributed by atoms with Gasteiger partial charge in [0.05, 0.1) is 0 Å². The minimum atomic E-state index is -3.84. The normalized spacial score (nSPS) is 11.6. The van der Waals surface area contributed by atoms with E-state index in [4.69, 9.17) is 0 Å². The number of carbonyl (C=O) groups excluding carboxylic acids is 2. The lowest BCUT2D eigenvalue weighted by Crippen LogP contribution is -2.19. The van der Waals surface area contributed by atoms with Crippen LogP contribution in [0.4, 0.5) is 0 Å². The monoisotopic (exact) mass is 482 g/mol. The highest BCUT2D eigenvalue weighted by atomic mass is 31.2. The second-order valence-corrected chi connectivity index (χ2v) is 11.9. The quantitative estimate of drug-likeness (QED) is 0.188. The minimum Gasteiger partial charge on any atom is -0.307 e. The van der Waals surface area contributed by atoms with Gasteiger partial charge in [-0.25, -0.2) is 0 Å². The van der Waals surface area contributed by atoms with Gasteiger partial charge in [0.15, 0.2) is 0 Å². The number of rotatable bonds is 15. The predicted molar refractivity (Wildman–Crippen MR) is 145 cm³/mol. The maximum atomic E-state index is 14.7. The van der Waals surface area contributed by atoms with Crippen LogP contribution in [0.1, 0.15) is 116 Å². The van der Waals surface area contributed by atoms with Crippen LogP contribution in [0.5, 0.6) is 0 Å². The van der Waals surface area contributed by atoms with E-state index in [0.717, 1.165) is 47.9 Å². The van der Waals surface area contributed by atoms with Crippen molar-refractivity contribution in [3.05, 3.63) is 69.8 Å². The summed E-state index contributed by atoms with van der Waals surface area (Å²) in [5.41, 5.74) is 3.77. The molecule has 34 heavy (non-hydrogen) atoms. The van der Waals surface area contributed by atoms with Crippen LogP contribution >= 0.6 is 7.14 Å². The van der Waals surface area contributed by atoms with Crippen LogP contribution in [0, 0.1) is 0 Å². The zero-order valence-corrected chi connectivity index (χ0v) is 22.8. The van der Waals surface area contributed by atoms with E-state index in [0.29, 0.717) is 43.2 Å². The summed E-state index contributed by atoms with van der Waals surface area (Å²) >= 11 is 0. The molecule has 0 saturated heterocycles. The van der Waals surface area contributed by atoms with Gasteiger partial charge in [0, 0.05) is 17.3 Å². The average Bonchev–Trinajstić information content (AvgIpc) is 2.88. The molecule has 0 N–H and O–H groups in total. The van der Waals surface area contributed by atoms with E-state index in [1.165, 1.54) is 6.42 Å². The Balaban J connectivity index is 2.58. The summed E-state index contributed by atoms with van der Waals surface area (Å²) in [6.45, 7) is 10.2. The topological polar surface area (TPSA) is 51.2 Å². The summed E-state index contributed by atoms with van der Waals surface area (Å²) in [5.74, 6) is 0. The van der Waals surface area contributed by atoms with E-state index >= 15 is 0 Å². The molecule has 0 aliphatic carbocycles. The molecule has 0 saturated carbocycles. The molecular weight excluding hydrogens is 439 g/mol. The number of aryl methyl sites for hydroxylation is 4. The second-order valence-electron chi connectivity index (χ2n) is 9.16. The molecule has 0 amide bonds. The summed E-state index contributed by atoms with van der Waals surface area (Å²) in [6.07, 6.45) is 8.93. The van der Waals surface area contributed by atoms with Crippen molar-refractivity contribution >= 4 is 18.2 Å². The van der Waals surface area contributed by atoms with Crippen molar-refractivity contribution in [2.24, 2.45) is 0 Å². The fourth-order valence-corrected chi connectivity index (χ4v) is 7.36. The molecule has 186 valence electrons. The molecule has 2 aromatic carbocycles. The SMILES string of the molecule is CCCCCCCCP(=O)(C(=O)c1c(CC)cccc1CC)C(=O)c1c(CC)cccc1CC. The molecule has 0 bridgehead atoms. The Labute approximate surface area is 207 Å². The highest BCUT2D eigenvalue weighted by Crippen LogP contribution is 2.54. The first-order chi connectivity index (χ1) is 16.4. The summed E-state index contributed by atoms with van der Waals surface area (Å²) < 4.78 is 14.7. The lowest BCUT2D eigenvalue weighted by atomic mass is 9.98. The zero-order valence-electron chi connectivity index (χ0n) is 21.9. The number of unbranched alkanes of at least 4 members (excludes halogenated alkanes) is 5. The minimum absolute atomic E-state index is 0.166. The van der Waals surface area contributed by atoms with Gasteiger partial charge >= 0.3 is 0 Å². The van der Waals surface area contributed by atoms with E-state index in [2.05, 4.69) is 6.92 Å². The van der Waals surface area contributed by atoms with Gasteiger partial charge in [-0.3, -0.25) is 9.59 Å². The standard InChI is InChI=1S/C30H43O3P/c1-6-11-12-13-14-15-22-34(33,29(31)27-23(7-2)18-16-19-24(27)8-3)30(32)28-25(9-4)20-17-21-26(28)10-5/h16-21H,6-15,22H2,1-5H3. The van der Waals surface area contributed by atoms with Crippen LogP contribution in [0.15, 0.2) is 36.4 Å². The van der Waals surface area contributed by atoms with Gasteiger partial charge in [-0.2, -0.15) is 0 Å². The molecular formula is C30H43O3P. The van der Waals surface area contributed by atoms with Crippen LogP contribution < -0.4 is 0 Å². The largest absolute Gasteiger partial charge is 0.307 e. The summed E-state index contributed by atoms with van der Waals surface area (Å²) in [4.78, 5) is 28.2. The first-order valence-corrected chi connectivity index (χ1v) is 15.2.